The summed E-state index contributed by atoms with van der Waals surface area (Å²) in [5.41, 5.74) is 3.77. The highest BCUT2D eigenvalue weighted by Crippen LogP contribution is 2.20. The minimum atomic E-state index is 0. The van der Waals surface area contributed by atoms with Gasteiger partial charge in [0.1, 0.15) is 0 Å². The molecule has 1 aromatic carbocycles. The number of nitrogens with zero attached hydrogens (tertiary/aromatic N) is 3. The van der Waals surface area contributed by atoms with Gasteiger partial charge >= 0.3 is 0 Å². The number of aryl methyl sites for hydroxylation is 1. The Labute approximate surface area is 176 Å². The Bertz CT molecular complexity index is 537. The van der Waals surface area contributed by atoms with Crippen LogP contribution < -0.4 is 15.5 Å². The highest BCUT2D eigenvalue weighted by Gasteiger charge is 2.06. The Kier molecular flexibility index (Phi) is 13.5. The first-order chi connectivity index (χ1) is 12.0. The SMILES string of the molecule is CN=C(NCCN(C)CCCOC)NCc1ccc(C)cc1N(C)C.I. The molecule has 0 fully saturated rings. The molecule has 0 amide bonds. The lowest BCUT2D eigenvalue weighted by Gasteiger charge is -2.20. The van der Waals surface area contributed by atoms with Crippen molar-refractivity contribution in [2.45, 2.75) is 19.9 Å². The van der Waals surface area contributed by atoms with Gasteiger partial charge in [0, 0.05) is 66.7 Å². The Hall–Kier alpha value is -1.06. The number of benzene rings is 1. The number of ether oxygens (including phenoxy) is 1. The molecular weight excluding hydrogens is 441 g/mol. The Balaban J connectivity index is 0.00000625. The number of guanidine groups is 1. The van der Waals surface area contributed by atoms with Crippen LogP contribution in [0.1, 0.15) is 17.5 Å². The topological polar surface area (TPSA) is 52.1 Å². The summed E-state index contributed by atoms with van der Waals surface area (Å²) in [6.45, 7) is 6.54. The predicted octanol–water partition coefficient (Wildman–Crippen LogP) is 2.31. The molecule has 0 aliphatic rings. The first-order valence-corrected chi connectivity index (χ1v) is 8.86. The van der Waals surface area contributed by atoms with Crippen LogP contribution in [0.5, 0.6) is 0 Å². The molecule has 0 atom stereocenters. The van der Waals surface area contributed by atoms with Gasteiger partial charge < -0.3 is 25.2 Å². The van der Waals surface area contributed by atoms with E-state index in [-0.39, 0.29) is 24.0 Å². The van der Waals surface area contributed by atoms with Gasteiger partial charge in [0.05, 0.1) is 0 Å². The van der Waals surface area contributed by atoms with E-state index < -0.39 is 0 Å². The van der Waals surface area contributed by atoms with Crippen LogP contribution >= 0.6 is 24.0 Å². The molecule has 0 aromatic heterocycles. The Morgan fingerprint density at radius 3 is 2.50 bits per heavy atom. The number of nitrogens with one attached hydrogen (secondary N) is 2. The first kappa shape index (κ1) is 24.9. The molecule has 0 spiro atoms. The van der Waals surface area contributed by atoms with E-state index in [9.17, 15) is 0 Å². The molecule has 0 radical (unpaired) electrons. The second-order valence-electron chi connectivity index (χ2n) is 6.53. The van der Waals surface area contributed by atoms with Crippen molar-refractivity contribution in [2.24, 2.45) is 4.99 Å². The van der Waals surface area contributed by atoms with E-state index >= 15 is 0 Å². The third-order valence-electron chi connectivity index (χ3n) is 4.07. The highest BCUT2D eigenvalue weighted by molar-refractivity contribution is 14.0. The number of aliphatic imine (C=N–C) groups is 1. The molecule has 1 aromatic rings. The van der Waals surface area contributed by atoms with Gasteiger partial charge in [-0.1, -0.05) is 12.1 Å². The summed E-state index contributed by atoms with van der Waals surface area (Å²) >= 11 is 0. The van der Waals surface area contributed by atoms with Gasteiger partial charge in [0.15, 0.2) is 5.96 Å². The van der Waals surface area contributed by atoms with Crippen LogP contribution in [0, 0.1) is 6.92 Å². The van der Waals surface area contributed by atoms with Crippen LogP contribution in [0.2, 0.25) is 0 Å². The fourth-order valence-corrected chi connectivity index (χ4v) is 2.60. The summed E-state index contributed by atoms with van der Waals surface area (Å²) in [6, 6.07) is 6.53. The number of hydrogen-bond donors (Lipinski definition) is 2. The molecule has 0 saturated carbocycles. The minimum Gasteiger partial charge on any atom is -0.385 e. The fourth-order valence-electron chi connectivity index (χ4n) is 2.60. The fraction of sp³-hybridized carbons (Fsp3) is 0.632. The van der Waals surface area contributed by atoms with Crippen LogP contribution in [0.4, 0.5) is 5.69 Å². The van der Waals surface area contributed by atoms with Gasteiger partial charge in [-0.25, -0.2) is 0 Å². The molecule has 0 saturated heterocycles. The van der Waals surface area contributed by atoms with Crippen LogP contribution in [-0.4, -0.2) is 72.4 Å². The molecular formula is C19H36IN5O. The number of halogens is 1. The molecule has 26 heavy (non-hydrogen) atoms. The van der Waals surface area contributed by atoms with Gasteiger partial charge in [-0.3, -0.25) is 4.99 Å². The quantitative estimate of drug-likeness (QED) is 0.235. The zero-order valence-electron chi connectivity index (χ0n) is 17.1. The van der Waals surface area contributed by atoms with E-state index in [2.05, 4.69) is 71.7 Å². The zero-order chi connectivity index (χ0) is 18.7. The van der Waals surface area contributed by atoms with Gasteiger partial charge in [0.25, 0.3) is 0 Å². The van der Waals surface area contributed by atoms with Crippen molar-refractivity contribution in [3.63, 3.8) is 0 Å². The monoisotopic (exact) mass is 477 g/mol. The van der Waals surface area contributed by atoms with Crippen LogP contribution in [0.25, 0.3) is 0 Å². The normalized spacial score (nSPS) is 11.3. The van der Waals surface area contributed by atoms with Gasteiger partial charge in [-0.05, 0) is 37.6 Å². The maximum absolute atomic E-state index is 5.09. The van der Waals surface area contributed by atoms with Crippen molar-refractivity contribution >= 4 is 35.6 Å². The van der Waals surface area contributed by atoms with Crippen molar-refractivity contribution in [3.05, 3.63) is 29.3 Å². The molecule has 0 aliphatic carbocycles. The van der Waals surface area contributed by atoms with E-state index in [0.29, 0.717) is 0 Å². The molecule has 0 bridgehead atoms. The zero-order valence-corrected chi connectivity index (χ0v) is 19.5. The molecule has 0 heterocycles. The molecule has 0 aliphatic heterocycles. The third-order valence-corrected chi connectivity index (χ3v) is 4.07. The summed E-state index contributed by atoms with van der Waals surface area (Å²) in [5.74, 6) is 0.829. The minimum absolute atomic E-state index is 0. The smallest absolute Gasteiger partial charge is 0.191 e. The number of rotatable bonds is 10. The highest BCUT2D eigenvalue weighted by atomic mass is 127. The summed E-state index contributed by atoms with van der Waals surface area (Å²) in [4.78, 5) is 8.75. The van der Waals surface area contributed by atoms with E-state index in [4.69, 9.17) is 4.74 Å². The van der Waals surface area contributed by atoms with E-state index in [0.717, 1.165) is 45.2 Å². The van der Waals surface area contributed by atoms with Crippen molar-refractivity contribution in [3.8, 4) is 0 Å². The van der Waals surface area contributed by atoms with E-state index in [1.54, 1.807) is 14.2 Å². The molecule has 150 valence electrons. The van der Waals surface area contributed by atoms with Crippen molar-refractivity contribution < 1.29 is 4.74 Å². The maximum atomic E-state index is 5.09. The largest absolute Gasteiger partial charge is 0.385 e. The average molecular weight is 477 g/mol. The van der Waals surface area contributed by atoms with Crippen molar-refractivity contribution in [2.75, 3.05) is 66.4 Å². The second kappa shape index (κ2) is 14.1. The van der Waals surface area contributed by atoms with Gasteiger partial charge in [0.2, 0.25) is 0 Å². The summed E-state index contributed by atoms with van der Waals surface area (Å²) in [6.07, 6.45) is 1.06. The maximum Gasteiger partial charge on any atom is 0.191 e. The summed E-state index contributed by atoms with van der Waals surface area (Å²) < 4.78 is 5.09. The number of methoxy groups -OCH3 is 1. The Morgan fingerprint density at radius 2 is 1.88 bits per heavy atom. The van der Waals surface area contributed by atoms with E-state index in [1.807, 2.05) is 0 Å². The average Bonchev–Trinajstić information content (AvgIpc) is 2.58. The van der Waals surface area contributed by atoms with Crippen LogP contribution in [-0.2, 0) is 11.3 Å². The van der Waals surface area contributed by atoms with E-state index in [1.165, 1.54) is 16.8 Å². The van der Waals surface area contributed by atoms with Gasteiger partial charge in [-0.15, -0.1) is 24.0 Å². The predicted molar refractivity (Wildman–Crippen MR) is 123 cm³/mol. The first-order valence-electron chi connectivity index (χ1n) is 8.86. The van der Waals surface area contributed by atoms with Crippen molar-refractivity contribution in [1.82, 2.24) is 15.5 Å². The number of likely N-dealkylation sites (N-methyl/N-ethyl adjacent to an activating group) is 1. The van der Waals surface area contributed by atoms with Crippen molar-refractivity contribution in [1.29, 1.82) is 0 Å². The standard InChI is InChI=1S/C19H35N5O.HI/c1-16-8-9-17(18(14-16)23(3)4)15-22-19(20-2)21-10-12-24(5)11-7-13-25-6;/h8-9,14H,7,10-13,15H2,1-6H3,(H2,20,21,22);1H. The summed E-state index contributed by atoms with van der Waals surface area (Å²) in [5, 5.41) is 6.77. The van der Waals surface area contributed by atoms with Crippen LogP contribution in [0.15, 0.2) is 23.2 Å². The summed E-state index contributed by atoms with van der Waals surface area (Å²) in [7, 11) is 9.82. The lowest BCUT2D eigenvalue weighted by Crippen LogP contribution is -2.41. The lowest BCUT2D eigenvalue weighted by molar-refractivity contribution is 0.180. The third kappa shape index (κ3) is 9.59. The number of anilines is 1. The molecule has 2 N–H and O–H groups in total. The molecule has 0 unspecified atom stereocenters. The lowest BCUT2D eigenvalue weighted by atomic mass is 10.1. The number of hydrogen-bond acceptors (Lipinski definition) is 4. The molecule has 6 nitrogen and oxygen atoms in total. The molecule has 1 rings (SSSR count). The molecule has 7 heteroatoms. The Morgan fingerprint density at radius 1 is 1.15 bits per heavy atom. The second-order valence-corrected chi connectivity index (χ2v) is 6.53. The van der Waals surface area contributed by atoms with Crippen LogP contribution in [0.3, 0.4) is 0 Å². The van der Waals surface area contributed by atoms with Gasteiger partial charge in [-0.2, -0.15) is 0 Å².